The minimum Gasteiger partial charge on any atom is -0.324 e. The summed E-state index contributed by atoms with van der Waals surface area (Å²) in [5.41, 5.74) is 1.06. The fourth-order valence-electron chi connectivity index (χ4n) is 5.10. The van der Waals surface area contributed by atoms with E-state index >= 15 is 0 Å². The zero-order chi connectivity index (χ0) is 25.0. The lowest BCUT2D eigenvalue weighted by Gasteiger charge is -2.40. The van der Waals surface area contributed by atoms with E-state index in [9.17, 15) is 21.6 Å². The SMILES string of the molecule is CC1(CS(=O)(=O)N2Cc3ccc(Cl)cc3[C@@H](C(=O)Nc3cncc4ccccc34)C2)CS(=O)(=O)C1. The molecule has 11 heteroatoms. The number of amides is 1. The molecule has 1 fully saturated rings. The molecule has 1 N–H and O–H groups in total. The van der Waals surface area contributed by atoms with Crippen molar-refractivity contribution in [2.45, 2.75) is 19.4 Å². The number of halogens is 1. The molecule has 0 radical (unpaired) electrons. The van der Waals surface area contributed by atoms with Gasteiger partial charge in [0.1, 0.15) is 0 Å². The number of anilines is 1. The van der Waals surface area contributed by atoms with Gasteiger partial charge in [-0.1, -0.05) is 48.9 Å². The van der Waals surface area contributed by atoms with Gasteiger partial charge in [0.05, 0.1) is 35.1 Å². The fourth-order valence-corrected chi connectivity index (χ4v) is 9.76. The van der Waals surface area contributed by atoms with E-state index in [1.54, 1.807) is 37.5 Å². The molecule has 2 aromatic carbocycles. The third-order valence-corrected chi connectivity index (χ3v) is 11.2. The highest BCUT2D eigenvalue weighted by Crippen LogP contribution is 2.38. The Bertz CT molecular complexity index is 1540. The Kier molecular flexibility index (Phi) is 5.90. The zero-order valence-corrected chi connectivity index (χ0v) is 21.3. The van der Waals surface area contributed by atoms with E-state index in [1.165, 1.54) is 4.31 Å². The first kappa shape index (κ1) is 24.2. The quantitative estimate of drug-likeness (QED) is 0.539. The van der Waals surface area contributed by atoms with Crippen LogP contribution in [0.2, 0.25) is 5.02 Å². The maximum atomic E-state index is 13.5. The summed E-state index contributed by atoms with van der Waals surface area (Å²) >= 11 is 6.22. The Morgan fingerprint density at radius 3 is 2.69 bits per heavy atom. The van der Waals surface area contributed by atoms with Gasteiger partial charge in [0, 0.05) is 40.5 Å². The van der Waals surface area contributed by atoms with Crippen molar-refractivity contribution in [2.75, 3.05) is 29.1 Å². The second-order valence-corrected chi connectivity index (χ2v) is 14.2. The number of rotatable bonds is 5. The van der Waals surface area contributed by atoms with Crippen molar-refractivity contribution < 1.29 is 21.6 Å². The number of hydrogen-bond donors (Lipinski definition) is 1. The van der Waals surface area contributed by atoms with Gasteiger partial charge in [-0.05, 0) is 23.3 Å². The molecule has 1 atom stereocenters. The first-order valence-electron chi connectivity index (χ1n) is 11.0. The van der Waals surface area contributed by atoms with Crippen molar-refractivity contribution in [1.29, 1.82) is 0 Å². The Hall–Kier alpha value is -2.53. The molecule has 0 bridgehead atoms. The van der Waals surface area contributed by atoms with Gasteiger partial charge in [-0.3, -0.25) is 9.78 Å². The molecular weight excluding hydrogens is 510 g/mol. The zero-order valence-electron chi connectivity index (χ0n) is 18.9. The number of carbonyl (C=O) groups excluding carboxylic acids is 1. The second kappa shape index (κ2) is 8.55. The number of pyridine rings is 1. The highest BCUT2D eigenvalue weighted by Gasteiger charge is 2.49. The van der Waals surface area contributed by atoms with Crippen LogP contribution < -0.4 is 5.32 Å². The first-order chi connectivity index (χ1) is 16.4. The molecule has 184 valence electrons. The monoisotopic (exact) mass is 533 g/mol. The summed E-state index contributed by atoms with van der Waals surface area (Å²) < 4.78 is 51.4. The van der Waals surface area contributed by atoms with Crippen LogP contribution in [0.5, 0.6) is 0 Å². The van der Waals surface area contributed by atoms with Crippen LogP contribution in [0.4, 0.5) is 5.69 Å². The minimum absolute atomic E-state index is 0.0669. The van der Waals surface area contributed by atoms with Crippen LogP contribution >= 0.6 is 11.6 Å². The molecule has 0 unspecified atom stereocenters. The van der Waals surface area contributed by atoms with Gasteiger partial charge in [0.2, 0.25) is 15.9 Å². The van der Waals surface area contributed by atoms with Crippen LogP contribution in [-0.4, -0.2) is 55.8 Å². The van der Waals surface area contributed by atoms with E-state index in [0.717, 1.165) is 10.8 Å². The van der Waals surface area contributed by atoms with E-state index in [2.05, 4.69) is 10.3 Å². The largest absolute Gasteiger partial charge is 0.324 e. The molecule has 3 heterocycles. The maximum Gasteiger partial charge on any atom is 0.233 e. The topological polar surface area (TPSA) is 114 Å². The highest BCUT2D eigenvalue weighted by atomic mass is 35.5. The van der Waals surface area contributed by atoms with Crippen molar-refractivity contribution in [1.82, 2.24) is 9.29 Å². The smallest absolute Gasteiger partial charge is 0.233 e. The summed E-state index contributed by atoms with van der Waals surface area (Å²) in [5, 5.41) is 5.07. The highest BCUT2D eigenvalue weighted by molar-refractivity contribution is 7.93. The van der Waals surface area contributed by atoms with Gasteiger partial charge in [-0.25, -0.2) is 16.8 Å². The van der Waals surface area contributed by atoms with Crippen LogP contribution in [0.3, 0.4) is 0 Å². The molecule has 2 aliphatic heterocycles. The third-order valence-electron chi connectivity index (χ3n) is 6.52. The van der Waals surface area contributed by atoms with E-state index in [1.807, 2.05) is 24.3 Å². The summed E-state index contributed by atoms with van der Waals surface area (Å²) in [4.78, 5) is 17.7. The average molecular weight is 534 g/mol. The summed E-state index contributed by atoms with van der Waals surface area (Å²) in [5.74, 6) is -1.77. The van der Waals surface area contributed by atoms with E-state index in [-0.39, 0.29) is 36.3 Å². The summed E-state index contributed by atoms with van der Waals surface area (Å²) in [7, 11) is -7.03. The lowest BCUT2D eigenvalue weighted by Crippen LogP contribution is -2.53. The summed E-state index contributed by atoms with van der Waals surface area (Å²) in [6.45, 7) is 1.70. The van der Waals surface area contributed by atoms with Gasteiger partial charge in [-0.2, -0.15) is 4.31 Å². The third kappa shape index (κ3) is 4.80. The van der Waals surface area contributed by atoms with E-state index in [4.69, 9.17) is 11.6 Å². The predicted molar refractivity (Wildman–Crippen MR) is 136 cm³/mol. The summed E-state index contributed by atoms with van der Waals surface area (Å²) in [6, 6.07) is 12.6. The Morgan fingerprint density at radius 2 is 1.94 bits per heavy atom. The molecule has 35 heavy (non-hydrogen) atoms. The van der Waals surface area contributed by atoms with Gasteiger partial charge in [0.25, 0.3) is 0 Å². The number of sulfone groups is 1. The van der Waals surface area contributed by atoms with Gasteiger partial charge in [-0.15, -0.1) is 0 Å². The normalized spacial score (nSPS) is 21.1. The molecule has 0 spiro atoms. The van der Waals surface area contributed by atoms with Crippen molar-refractivity contribution in [3.63, 3.8) is 0 Å². The number of nitrogens with one attached hydrogen (secondary N) is 1. The maximum absolute atomic E-state index is 13.5. The molecule has 3 aromatic rings. The van der Waals surface area contributed by atoms with Crippen molar-refractivity contribution in [3.05, 3.63) is 71.0 Å². The summed E-state index contributed by atoms with van der Waals surface area (Å²) in [6.07, 6.45) is 3.27. The van der Waals surface area contributed by atoms with Crippen LogP contribution in [0.15, 0.2) is 54.9 Å². The number of benzene rings is 2. The molecule has 0 aliphatic carbocycles. The molecule has 8 nitrogen and oxygen atoms in total. The van der Waals surface area contributed by atoms with Crippen LogP contribution in [-0.2, 0) is 31.2 Å². The van der Waals surface area contributed by atoms with Gasteiger partial charge in [0.15, 0.2) is 9.84 Å². The van der Waals surface area contributed by atoms with Crippen LogP contribution in [0.25, 0.3) is 10.8 Å². The molecular formula is C24H24ClN3O5S2. The second-order valence-electron chi connectivity index (χ2n) is 9.68. The van der Waals surface area contributed by atoms with Crippen LogP contribution in [0, 0.1) is 5.41 Å². The number of carbonyl (C=O) groups is 1. The molecule has 2 aliphatic rings. The standard InChI is InChI=1S/C24H24ClN3O5S2/c1-24(13-34(30,31)14-24)15-35(32,33)28-11-17-6-7-18(25)8-20(17)21(12-28)23(29)27-22-10-26-9-16-4-2-3-5-19(16)22/h2-10,21H,11-15H2,1H3,(H,27,29)/t21-/m0/s1. The number of fused-ring (bicyclic) bond motifs is 2. The number of aromatic nitrogens is 1. The number of sulfonamides is 1. The predicted octanol–water partition coefficient (Wildman–Crippen LogP) is 3.19. The molecule has 0 saturated carbocycles. The Labute approximate surface area is 209 Å². The Balaban J connectivity index is 1.45. The minimum atomic E-state index is -3.84. The van der Waals surface area contributed by atoms with E-state index in [0.29, 0.717) is 21.8 Å². The molecule has 1 saturated heterocycles. The lowest BCUT2D eigenvalue weighted by atomic mass is 9.90. The lowest BCUT2D eigenvalue weighted by molar-refractivity contribution is -0.118. The van der Waals surface area contributed by atoms with E-state index < -0.39 is 31.2 Å². The van der Waals surface area contributed by atoms with Gasteiger partial charge >= 0.3 is 0 Å². The van der Waals surface area contributed by atoms with Crippen molar-refractivity contribution in [3.8, 4) is 0 Å². The fraction of sp³-hybridized carbons (Fsp3) is 0.333. The van der Waals surface area contributed by atoms with Crippen molar-refractivity contribution in [2.24, 2.45) is 5.41 Å². The average Bonchev–Trinajstić information content (AvgIpc) is 2.76. The molecule has 1 amide bonds. The van der Waals surface area contributed by atoms with Crippen molar-refractivity contribution >= 4 is 53.8 Å². The molecule has 1 aromatic heterocycles. The first-order valence-corrected chi connectivity index (χ1v) is 14.9. The van der Waals surface area contributed by atoms with Gasteiger partial charge < -0.3 is 5.32 Å². The molecule has 5 rings (SSSR count). The van der Waals surface area contributed by atoms with Crippen LogP contribution in [0.1, 0.15) is 24.0 Å². The Morgan fingerprint density at radius 1 is 1.20 bits per heavy atom. The number of hydrogen-bond acceptors (Lipinski definition) is 6. The number of nitrogens with zero attached hydrogens (tertiary/aromatic N) is 2.